The zero-order valence-corrected chi connectivity index (χ0v) is 14.8. The van der Waals surface area contributed by atoms with Gasteiger partial charge in [-0.1, -0.05) is 24.3 Å². The number of rotatable bonds is 5. The van der Waals surface area contributed by atoms with Crippen LogP contribution in [0.2, 0.25) is 0 Å². The van der Waals surface area contributed by atoms with E-state index in [4.69, 9.17) is 9.47 Å². The molecule has 0 bridgehead atoms. The Kier molecular flexibility index (Phi) is 6.05. The first-order valence-electron chi connectivity index (χ1n) is 8.68. The van der Waals surface area contributed by atoms with Crippen molar-refractivity contribution in [3.63, 3.8) is 0 Å². The predicted molar refractivity (Wildman–Crippen MR) is 97.2 cm³/mol. The summed E-state index contributed by atoms with van der Waals surface area (Å²) in [6.45, 7) is -0.760. The molecule has 3 rings (SSSR count). The third kappa shape index (κ3) is 4.44. The van der Waals surface area contributed by atoms with E-state index in [1.165, 1.54) is 0 Å². The first-order chi connectivity index (χ1) is 13.0. The maximum Gasteiger partial charge on any atom is 0.251 e. The van der Waals surface area contributed by atoms with Crippen LogP contribution >= 0.6 is 0 Å². The second-order valence-electron chi connectivity index (χ2n) is 6.38. The molecule has 0 radical (unpaired) electrons. The molecule has 3 N–H and O–H groups in total. The Morgan fingerprint density at radius 1 is 1.22 bits per heavy atom. The first kappa shape index (κ1) is 19.3. The van der Waals surface area contributed by atoms with E-state index in [-0.39, 0.29) is 12.3 Å². The molecule has 0 unspecified atom stereocenters. The number of amides is 1. The number of hydrogen-bond donors (Lipinski definition) is 3. The number of aliphatic hydroxyl groups is 2. The normalized spacial score (nSPS) is 25.0. The summed E-state index contributed by atoms with van der Waals surface area (Å²) in [5.74, 6) is 0.248. The number of hydrogen-bond acceptors (Lipinski definition) is 5. The number of ether oxygens (including phenoxy) is 2. The summed E-state index contributed by atoms with van der Waals surface area (Å²) in [6, 6.07) is 14.2. The van der Waals surface area contributed by atoms with Crippen LogP contribution in [0, 0.1) is 0 Å². The second kappa shape index (κ2) is 8.47. The summed E-state index contributed by atoms with van der Waals surface area (Å²) in [5, 5.41) is 22.4. The Balaban J connectivity index is 1.73. The van der Waals surface area contributed by atoms with Crippen molar-refractivity contribution in [3.8, 4) is 16.9 Å². The van der Waals surface area contributed by atoms with Crippen LogP contribution in [0.3, 0.4) is 0 Å². The van der Waals surface area contributed by atoms with Crippen molar-refractivity contribution < 1.29 is 28.9 Å². The van der Waals surface area contributed by atoms with Gasteiger partial charge in [0.1, 0.15) is 18.5 Å². The monoisotopic (exact) mass is 375 g/mol. The van der Waals surface area contributed by atoms with Gasteiger partial charge in [-0.05, 0) is 35.4 Å². The first-order valence-corrected chi connectivity index (χ1v) is 8.68. The maximum atomic E-state index is 12.8. The van der Waals surface area contributed by atoms with E-state index in [2.05, 4.69) is 5.32 Å². The average Bonchev–Trinajstić information content (AvgIpc) is 2.71. The lowest BCUT2D eigenvalue weighted by Crippen LogP contribution is -2.51. The minimum atomic E-state index is -1.25. The van der Waals surface area contributed by atoms with Gasteiger partial charge in [0.2, 0.25) is 6.29 Å². The quantitative estimate of drug-likeness (QED) is 0.743. The molecule has 1 aliphatic heterocycles. The van der Waals surface area contributed by atoms with E-state index in [0.717, 1.165) is 11.1 Å². The molecule has 0 aliphatic carbocycles. The van der Waals surface area contributed by atoms with Crippen molar-refractivity contribution in [1.82, 2.24) is 5.32 Å². The predicted octanol–water partition coefficient (Wildman–Crippen LogP) is 1.90. The molecule has 7 heteroatoms. The van der Waals surface area contributed by atoms with Gasteiger partial charge in [0.05, 0.1) is 12.2 Å². The summed E-state index contributed by atoms with van der Waals surface area (Å²) in [7, 11) is 1.58. The molecule has 0 saturated carbocycles. The lowest BCUT2D eigenvalue weighted by Gasteiger charge is -2.35. The second-order valence-corrected chi connectivity index (χ2v) is 6.38. The summed E-state index contributed by atoms with van der Waals surface area (Å²) < 4.78 is 23.8. The Hall–Kier alpha value is -2.48. The van der Waals surface area contributed by atoms with Crippen LogP contribution in [0.4, 0.5) is 4.39 Å². The molecule has 1 saturated heterocycles. The van der Waals surface area contributed by atoms with Crippen LogP contribution in [0.5, 0.6) is 5.75 Å². The highest BCUT2D eigenvalue weighted by molar-refractivity contribution is 5.95. The smallest absolute Gasteiger partial charge is 0.251 e. The van der Waals surface area contributed by atoms with E-state index in [1.807, 2.05) is 6.07 Å². The van der Waals surface area contributed by atoms with Crippen LogP contribution < -0.4 is 10.1 Å². The third-order valence-corrected chi connectivity index (χ3v) is 4.47. The van der Waals surface area contributed by atoms with E-state index in [1.54, 1.807) is 49.5 Å². The average molecular weight is 375 g/mol. The van der Waals surface area contributed by atoms with Crippen molar-refractivity contribution in [2.45, 2.75) is 31.0 Å². The van der Waals surface area contributed by atoms with Crippen LogP contribution in [-0.2, 0) is 4.74 Å². The van der Waals surface area contributed by atoms with E-state index in [0.29, 0.717) is 11.3 Å². The van der Waals surface area contributed by atoms with Gasteiger partial charge in [-0.2, -0.15) is 0 Å². The van der Waals surface area contributed by atoms with Crippen molar-refractivity contribution in [1.29, 1.82) is 0 Å². The fourth-order valence-electron chi connectivity index (χ4n) is 2.96. The SMILES string of the molecule is CNC(=O)c1cccc(-c2ccc(O[C@H]3O[C@H](CF)C[C@H](O)[C@@H]3O)cc2)c1. The van der Waals surface area contributed by atoms with E-state index >= 15 is 0 Å². The van der Waals surface area contributed by atoms with Gasteiger partial charge in [0, 0.05) is 19.0 Å². The number of alkyl halides is 1. The molecule has 1 aliphatic rings. The fourth-order valence-corrected chi connectivity index (χ4v) is 2.96. The minimum absolute atomic E-state index is 0.0259. The molecule has 0 spiro atoms. The molecule has 144 valence electrons. The summed E-state index contributed by atoms with van der Waals surface area (Å²) in [6.07, 6.45) is -4.27. The molecule has 27 heavy (non-hydrogen) atoms. The van der Waals surface area contributed by atoms with Gasteiger partial charge in [0.15, 0.2) is 0 Å². The van der Waals surface area contributed by atoms with E-state index < -0.39 is 31.3 Å². The molecule has 4 atom stereocenters. The molecule has 2 aromatic rings. The topological polar surface area (TPSA) is 88.0 Å². The van der Waals surface area contributed by atoms with Gasteiger partial charge >= 0.3 is 0 Å². The van der Waals surface area contributed by atoms with Gasteiger partial charge in [0.25, 0.3) is 5.91 Å². The molecule has 2 aromatic carbocycles. The third-order valence-electron chi connectivity index (χ3n) is 4.47. The maximum absolute atomic E-state index is 12.8. The summed E-state index contributed by atoms with van der Waals surface area (Å²) in [5.41, 5.74) is 2.30. The number of benzene rings is 2. The number of nitrogens with one attached hydrogen (secondary N) is 1. The fraction of sp³-hybridized carbons (Fsp3) is 0.350. The molecular formula is C20H22FNO5. The van der Waals surface area contributed by atoms with Crippen LogP contribution in [0.25, 0.3) is 11.1 Å². The van der Waals surface area contributed by atoms with Crippen LogP contribution in [-0.4, -0.2) is 54.4 Å². The van der Waals surface area contributed by atoms with E-state index in [9.17, 15) is 19.4 Å². The van der Waals surface area contributed by atoms with Gasteiger partial charge in [-0.15, -0.1) is 0 Å². The Morgan fingerprint density at radius 2 is 1.96 bits per heavy atom. The van der Waals surface area contributed by atoms with Crippen LogP contribution in [0.15, 0.2) is 48.5 Å². The molecule has 1 amide bonds. The van der Waals surface area contributed by atoms with Crippen molar-refractivity contribution in [3.05, 3.63) is 54.1 Å². The highest BCUT2D eigenvalue weighted by Gasteiger charge is 2.38. The molecular weight excluding hydrogens is 353 g/mol. The molecule has 6 nitrogen and oxygen atoms in total. The summed E-state index contributed by atoms with van der Waals surface area (Å²) in [4.78, 5) is 11.8. The lowest BCUT2D eigenvalue weighted by molar-refractivity contribution is -0.237. The lowest BCUT2D eigenvalue weighted by atomic mass is 10.0. The highest BCUT2D eigenvalue weighted by Crippen LogP contribution is 2.27. The number of aliphatic hydroxyl groups excluding tert-OH is 2. The molecule has 1 heterocycles. The Labute approximate surface area is 156 Å². The molecule has 0 aromatic heterocycles. The van der Waals surface area contributed by atoms with Gasteiger partial charge < -0.3 is 25.0 Å². The largest absolute Gasteiger partial charge is 0.462 e. The highest BCUT2D eigenvalue weighted by atomic mass is 19.1. The van der Waals surface area contributed by atoms with Gasteiger partial charge in [-0.25, -0.2) is 4.39 Å². The zero-order valence-electron chi connectivity index (χ0n) is 14.8. The standard InChI is InChI=1S/C20H22FNO5/c1-22-19(25)14-4-2-3-13(9-14)12-5-7-15(8-6-12)26-20-18(24)17(23)10-16(11-21)27-20/h2-9,16-18,20,23-24H,10-11H2,1H3,(H,22,25)/t16-,17-,18-,20-/m0/s1. The zero-order chi connectivity index (χ0) is 19.4. The Morgan fingerprint density at radius 3 is 2.63 bits per heavy atom. The number of halogens is 1. The Bertz CT molecular complexity index is 782. The van der Waals surface area contributed by atoms with Gasteiger partial charge in [-0.3, -0.25) is 4.79 Å². The minimum Gasteiger partial charge on any atom is -0.462 e. The van der Waals surface area contributed by atoms with Crippen molar-refractivity contribution in [2.75, 3.05) is 13.7 Å². The molecule has 1 fully saturated rings. The van der Waals surface area contributed by atoms with Crippen molar-refractivity contribution in [2.24, 2.45) is 0 Å². The number of carbonyl (C=O) groups excluding carboxylic acids is 1. The van der Waals surface area contributed by atoms with Crippen molar-refractivity contribution >= 4 is 5.91 Å². The summed E-state index contributed by atoms with van der Waals surface area (Å²) >= 11 is 0. The number of carbonyl (C=O) groups is 1. The van der Waals surface area contributed by atoms with Crippen LogP contribution in [0.1, 0.15) is 16.8 Å².